The molecule has 1 atom stereocenters. The van der Waals surface area contributed by atoms with Gasteiger partial charge in [-0.2, -0.15) is 0 Å². The van der Waals surface area contributed by atoms with E-state index in [4.69, 9.17) is 10.5 Å². The maximum atomic E-state index is 12.8. The van der Waals surface area contributed by atoms with Gasteiger partial charge in [-0.25, -0.2) is 8.42 Å². The van der Waals surface area contributed by atoms with E-state index in [1.807, 2.05) is 30.3 Å². The van der Waals surface area contributed by atoms with Gasteiger partial charge in [-0.05, 0) is 31.4 Å². The number of rotatable bonds is 5. The summed E-state index contributed by atoms with van der Waals surface area (Å²) in [5.41, 5.74) is 6.45. The predicted molar refractivity (Wildman–Crippen MR) is 75.6 cm³/mol. The van der Waals surface area contributed by atoms with Crippen LogP contribution in [0.1, 0.15) is 30.1 Å². The fourth-order valence-corrected chi connectivity index (χ4v) is 4.89. The molecule has 0 bridgehead atoms. The van der Waals surface area contributed by atoms with Crippen molar-refractivity contribution in [2.45, 2.75) is 29.8 Å². The van der Waals surface area contributed by atoms with Crippen LogP contribution in [0, 0.1) is 0 Å². The van der Waals surface area contributed by atoms with Crippen molar-refractivity contribution in [3.8, 4) is 0 Å². The van der Waals surface area contributed by atoms with E-state index in [1.54, 1.807) is 0 Å². The van der Waals surface area contributed by atoms with Crippen LogP contribution < -0.4 is 5.73 Å². The Kier molecular flexibility index (Phi) is 4.96. The molecule has 2 rings (SSSR count). The fourth-order valence-electron chi connectivity index (χ4n) is 2.58. The summed E-state index contributed by atoms with van der Waals surface area (Å²) in [6.07, 6.45) is 1.66. The van der Waals surface area contributed by atoms with Crippen molar-refractivity contribution >= 4 is 9.84 Å². The molecule has 1 aliphatic rings. The van der Waals surface area contributed by atoms with E-state index in [9.17, 15) is 8.42 Å². The molecule has 1 unspecified atom stereocenters. The standard InChI is InChI=1S/C14H21NO3S/c15-9-6-14(12-4-2-1-3-5-12)19(16,17)13-7-10-18-11-8-13/h1-5,13-14H,6-11,15H2. The first-order valence-electron chi connectivity index (χ1n) is 6.71. The molecule has 4 nitrogen and oxygen atoms in total. The summed E-state index contributed by atoms with van der Waals surface area (Å²) in [4.78, 5) is 0. The summed E-state index contributed by atoms with van der Waals surface area (Å²) in [6.45, 7) is 1.45. The molecule has 5 heteroatoms. The van der Waals surface area contributed by atoms with Crippen molar-refractivity contribution in [1.82, 2.24) is 0 Å². The molecule has 0 aromatic heterocycles. The smallest absolute Gasteiger partial charge is 0.160 e. The summed E-state index contributed by atoms with van der Waals surface area (Å²) in [6, 6.07) is 9.38. The molecule has 19 heavy (non-hydrogen) atoms. The van der Waals surface area contributed by atoms with Crippen molar-refractivity contribution in [2.75, 3.05) is 19.8 Å². The van der Waals surface area contributed by atoms with Crippen LogP contribution in [0.15, 0.2) is 30.3 Å². The third-order valence-corrected chi connectivity index (χ3v) is 6.33. The lowest BCUT2D eigenvalue weighted by molar-refractivity contribution is 0.0981. The van der Waals surface area contributed by atoms with Crippen LogP contribution in [-0.2, 0) is 14.6 Å². The lowest BCUT2D eigenvalue weighted by Crippen LogP contribution is -2.33. The van der Waals surface area contributed by atoms with Crippen LogP contribution >= 0.6 is 0 Å². The second-order valence-corrected chi connectivity index (χ2v) is 7.29. The van der Waals surface area contributed by atoms with Crippen LogP contribution in [0.4, 0.5) is 0 Å². The zero-order valence-corrected chi connectivity index (χ0v) is 11.8. The summed E-state index contributed by atoms with van der Waals surface area (Å²) < 4.78 is 30.8. The molecule has 0 aliphatic carbocycles. The van der Waals surface area contributed by atoms with E-state index >= 15 is 0 Å². The zero-order chi connectivity index (χ0) is 13.7. The van der Waals surface area contributed by atoms with Gasteiger partial charge in [0.25, 0.3) is 0 Å². The minimum absolute atomic E-state index is 0.294. The van der Waals surface area contributed by atoms with Crippen molar-refractivity contribution in [2.24, 2.45) is 5.73 Å². The predicted octanol–water partition coefficient (Wildman–Crippen LogP) is 1.67. The molecule has 0 spiro atoms. The number of benzene rings is 1. The van der Waals surface area contributed by atoms with Gasteiger partial charge >= 0.3 is 0 Å². The van der Waals surface area contributed by atoms with E-state index in [-0.39, 0.29) is 5.25 Å². The average Bonchev–Trinajstić information content (AvgIpc) is 2.46. The Hall–Kier alpha value is -0.910. The summed E-state index contributed by atoms with van der Waals surface area (Å²) >= 11 is 0. The highest BCUT2D eigenvalue weighted by molar-refractivity contribution is 7.92. The van der Waals surface area contributed by atoms with Gasteiger partial charge in [0.1, 0.15) is 0 Å². The Morgan fingerprint density at radius 1 is 1.21 bits per heavy atom. The molecule has 1 saturated heterocycles. The highest BCUT2D eigenvalue weighted by Crippen LogP contribution is 2.32. The van der Waals surface area contributed by atoms with E-state index in [2.05, 4.69) is 0 Å². The molecule has 2 N–H and O–H groups in total. The summed E-state index contributed by atoms with van der Waals surface area (Å²) in [7, 11) is -3.20. The lowest BCUT2D eigenvalue weighted by atomic mass is 10.1. The summed E-state index contributed by atoms with van der Waals surface area (Å²) in [5.74, 6) is 0. The number of nitrogens with two attached hydrogens (primary N) is 1. The Bertz CT molecular complexity index is 481. The average molecular weight is 283 g/mol. The van der Waals surface area contributed by atoms with Crippen molar-refractivity contribution < 1.29 is 13.2 Å². The Morgan fingerprint density at radius 3 is 2.42 bits per heavy atom. The molecule has 1 aromatic rings. The molecular formula is C14H21NO3S. The van der Waals surface area contributed by atoms with Crippen LogP contribution in [0.3, 0.4) is 0 Å². The molecule has 1 heterocycles. The van der Waals surface area contributed by atoms with Gasteiger partial charge < -0.3 is 10.5 Å². The number of hydrogen-bond acceptors (Lipinski definition) is 4. The number of ether oxygens (including phenoxy) is 1. The van der Waals surface area contributed by atoms with Gasteiger partial charge in [0.15, 0.2) is 9.84 Å². The van der Waals surface area contributed by atoms with E-state index < -0.39 is 15.1 Å². The topological polar surface area (TPSA) is 69.4 Å². The van der Waals surface area contributed by atoms with E-state index in [0.717, 1.165) is 5.56 Å². The third kappa shape index (κ3) is 3.35. The molecule has 0 saturated carbocycles. The molecule has 1 aliphatic heterocycles. The van der Waals surface area contributed by atoms with Gasteiger partial charge in [0, 0.05) is 13.2 Å². The van der Waals surface area contributed by atoms with Gasteiger partial charge in [-0.15, -0.1) is 0 Å². The second kappa shape index (κ2) is 6.50. The lowest BCUT2D eigenvalue weighted by Gasteiger charge is -2.27. The Labute approximate surface area is 114 Å². The van der Waals surface area contributed by atoms with Crippen molar-refractivity contribution in [3.05, 3.63) is 35.9 Å². The maximum absolute atomic E-state index is 12.8. The Morgan fingerprint density at radius 2 is 1.84 bits per heavy atom. The van der Waals surface area contributed by atoms with Crippen LogP contribution in [0.25, 0.3) is 0 Å². The van der Waals surface area contributed by atoms with Crippen LogP contribution in [-0.4, -0.2) is 33.4 Å². The molecular weight excluding hydrogens is 262 g/mol. The first-order chi connectivity index (χ1) is 9.16. The Balaban J connectivity index is 2.27. The quantitative estimate of drug-likeness (QED) is 0.892. The fraction of sp³-hybridized carbons (Fsp3) is 0.571. The molecule has 0 radical (unpaired) electrons. The third-order valence-electron chi connectivity index (χ3n) is 3.63. The molecule has 0 amide bonds. The van der Waals surface area contributed by atoms with Crippen LogP contribution in [0.5, 0.6) is 0 Å². The SMILES string of the molecule is NCCC(c1ccccc1)S(=O)(=O)C1CCOCC1. The summed E-state index contributed by atoms with van der Waals surface area (Å²) in [5, 5.41) is -0.778. The normalized spacial score (nSPS) is 19.2. The first kappa shape index (κ1) is 14.5. The van der Waals surface area contributed by atoms with Gasteiger partial charge in [0.2, 0.25) is 0 Å². The van der Waals surface area contributed by atoms with Crippen LogP contribution in [0.2, 0.25) is 0 Å². The van der Waals surface area contributed by atoms with Crippen molar-refractivity contribution in [3.63, 3.8) is 0 Å². The van der Waals surface area contributed by atoms with Gasteiger partial charge in [-0.3, -0.25) is 0 Å². The highest BCUT2D eigenvalue weighted by Gasteiger charge is 2.35. The number of hydrogen-bond donors (Lipinski definition) is 1. The van der Waals surface area contributed by atoms with E-state index in [0.29, 0.717) is 39.0 Å². The first-order valence-corrected chi connectivity index (χ1v) is 8.32. The highest BCUT2D eigenvalue weighted by atomic mass is 32.2. The zero-order valence-electron chi connectivity index (χ0n) is 11.0. The van der Waals surface area contributed by atoms with Gasteiger partial charge in [-0.1, -0.05) is 30.3 Å². The minimum Gasteiger partial charge on any atom is -0.381 e. The van der Waals surface area contributed by atoms with Gasteiger partial charge in [0.05, 0.1) is 10.5 Å². The maximum Gasteiger partial charge on any atom is 0.160 e. The monoisotopic (exact) mass is 283 g/mol. The van der Waals surface area contributed by atoms with Crippen molar-refractivity contribution in [1.29, 1.82) is 0 Å². The minimum atomic E-state index is -3.20. The molecule has 106 valence electrons. The second-order valence-electron chi connectivity index (χ2n) is 4.88. The molecule has 1 fully saturated rings. The largest absolute Gasteiger partial charge is 0.381 e. The van der Waals surface area contributed by atoms with E-state index in [1.165, 1.54) is 0 Å². The molecule has 1 aromatic carbocycles. The number of sulfone groups is 1.